The minimum Gasteiger partial charge on any atom is -0.495 e. The molecule has 1 heterocycles. The summed E-state index contributed by atoms with van der Waals surface area (Å²) in [6.45, 7) is 0. The number of aromatic nitrogens is 1. The third-order valence-electron chi connectivity index (χ3n) is 1.77. The lowest BCUT2D eigenvalue weighted by Gasteiger charge is -2.09. The number of methoxy groups -OCH3 is 2. The van der Waals surface area contributed by atoms with Crippen LogP contribution in [0.25, 0.3) is 0 Å². The van der Waals surface area contributed by atoms with E-state index < -0.39 is 35.3 Å². The van der Waals surface area contributed by atoms with Gasteiger partial charge in [-0.25, -0.2) is 22.9 Å². The molecule has 0 saturated heterocycles. The summed E-state index contributed by atoms with van der Waals surface area (Å²) in [4.78, 5) is 14.2. The normalized spacial score (nSPS) is 10.4. The predicted molar refractivity (Wildman–Crippen MR) is 47.0 cm³/mol. The molecule has 0 spiro atoms. The van der Waals surface area contributed by atoms with Crippen LogP contribution >= 0.6 is 0 Å². The number of carbonyl (C=O) groups is 1. The van der Waals surface area contributed by atoms with Crippen LogP contribution < -0.4 is 4.74 Å². The van der Waals surface area contributed by atoms with E-state index in [0.717, 1.165) is 14.2 Å². The highest BCUT2D eigenvalue weighted by atomic mass is 19.3. The average molecular weight is 235 g/mol. The van der Waals surface area contributed by atoms with Crippen LogP contribution in [0.5, 0.6) is 5.75 Å². The molecular weight excluding hydrogens is 227 g/mol. The largest absolute Gasteiger partial charge is 0.495 e. The van der Waals surface area contributed by atoms with Gasteiger partial charge in [-0.15, -0.1) is 0 Å². The number of ether oxygens (including phenoxy) is 2. The molecule has 0 unspecified atom stereocenters. The van der Waals surface area contributed by atoms with Crippen molar-refractivity contribution < 1.29 is 27.4 Å². The van der Waals surface area contributed by atoms with Crippen LogP contribution in [0.3, 0.4) is 0 Å². The van der Waals surface area contributed by atoms with E-state index in [-0.39, 0.29) is 0 Å². The summed E-state index contributed by atoms with van der Waals surface area (Å²) in [6, 6.07) is 0.667. The zero-order valence-electron chi connectivity index (χ0n) is 8.46. The molecule has 0 radical (unpaired) electrons. The summed E-state index contributed by atoms with van der Waals surface area (Å²) in [7, 11) is 2.09. The number of rotatable bonds is 3. The van der Waals surface area contributed by atoms with Crippen LogP contribution in [0.1, 0.15) is 22.6 Å². The number of carbonyl (C=O) groups excluding carboxylic acids is 1. The topological polar surface area (TPSA) is 48.4 Å². The molecule has 16 heavy (non-hydrogen) atoms. The van der Waals surface area contributed by atoms with Crippen LogP contribution in [0.4, 0.5) is 13.2 Å². The first-order valence-electron chi connectivity index (χ1n) is 4.12. The lowest BCUT2D eigenvalue weighted by Crippen LogP contribution is -2.10. The van der Waals surface area contributed by atoms with Crippen molar-refractivity contribution in [1.82, 2.24) is 4.98 Å². The fourth-order valence-electron chi connectivity index (χ4n) is 1.05. The van der Waals surface area contributed by atoms with Crippen molar-refractivity contribution in [2.75, 3.05) is 14.2 Å². The van der Waals surface area contributed by atoms with Crippen LogP contribution in [-0.4, -0.2) is 25.2 Å². The molecule has 0 aromatic carbocycles. The molecule has 0 bridgehead atoms. The second-order valence-electron chi connectivity index (χ2n) is 2.70. The number of alkyl halides is 2. The Morgan fingerprint density at radius 2 is 2.06 bits per heavy atom. The number of halogens is 3. The molecule has 0 aliphatic heterocycles. The Bertz CT molecular complexity index is 409. The van der Waals surface area contributed by atoms with Gasteiger partial charge in [-0.2, -0.15) is 0 Å². The zero-order chi connectivity index (χ0) is 12.3. The van der Waals surface area contributed by atoms with E-state index in [4.69, 9.17) is 0 Å². The van der Waals surface area contributed by atoms with Crippen molar-refractivity contribution in [3.8, 4) is 5.75 Å². The summed E-state index contributed by atoms with van der Waals surface area (Å²) < 4.78 is 46.9. The monoisotopic (exact) mass is 235 g/mol. The van der Waals surface area contributed by atoms with Gasteiger partial charge >= 0.3 is 5.97 Å². The Kier molecular flexibility index (Phi) is 3.70. The highest BCUT2D eigenvalue weighted by Crippen LogP contribution is 2.28. The maximum absolute atomic E-state index is 13.2. The molecule has 0 N–H and O–H groups in total. The fraction of sp³-hybridized carbons (Fsp3) is 0.333. The second kappa shape index (κ2) is 4.82. The Morgan fingerprint density at radius 3 is 2.50 bits per heavy atom. The van der Waals surface area contributed by atoms with Gasteiger partial charge in [0.15, 0.2) is 11.5 Å². The number of nitrogens with zero attached hydrogens (tertiary/aromatic N) is 1. The van der Waals surface area contributed by atoms with Crippen molar-refractivity contribution in [1.29, 1.82) is 0 Å². The molecule has 4 nitrogen and oxygen atoms in total. The summed E-state index contributed by atoms with van der Waals surface area (Å²) in [6.07, 6.45) is -2.97. The van der Waals surface area contributed by atoms with Crippen LogP contribution in [0, 0.1) is 5.82 Å². The zero-order valence-corrected chi connectivity index (χ0v) is 8.46. The van der Waals surface area contributed by atoms with E-state index >= 15 is 0 Å². The van der Waals surface area contributed by atoms with Crippen molar-refractivity contribution in [3.05, 3.63) is 23.3 Å². The Hall–Kier alpha value is -1.79. The molecule has 1 rings (SSSR count). The Labute approximate surface area is 89.0 Å². The minimum absolute atomic E-state index is 0.417. The number of hydrogen-bond donors (Lipinski definition) is 0. The molecule has 88 valence electrons. The Morgan fingerprint density at radius 1 is 1.44 bits per heavy atom. The lowest BCUT2D eigenvalue weighted by molar-refractivity contribution is 0.0586. The SMILES string of the molecule is COC(=O)c1nc(C(F)F)c(OC)cc1F. The summed E-state index contributed by atoms with van der Waals surface area (Å²) in [5, 5.41) is 0. The van der Waals surface area contributed by atoms with Gasteiger partial charge in [-0.1, -0.05) is 0 Å². The molecule has 0 fully saturated rings. The minimum atomic E-state index is -2.97. The fourth-order valence-corrected chi connectivity index (χ4v) is 1.05. The molecular formula is C9H8F3NO3. The van der Waals surface area contributed by atoms with Crippen LogP contribution in [0.15, 0.2) is 6.07 Å². The van der Waals surface area contributed by atoms with Crippen molar-refractivity contribution >= 4 is 5.97 Å². The van der Waals surface area contributed by atoms with Gasteiger partial charge in [0.2, 0.25) is 0 Å². The van der Waals surface area contributed by atoms with Gasteiger partial charge in [0, 0.05) is 6.07 Å². The standard InChI is InChI=1S/C9H8F3NO3/c1-15-5-3-4(10)6(9(14)16-2)13-7(5)8(11)12/h3,8H,1-2H3. The maximum Gasteiger partial charge on any atom is 0.359 e. The highest BCUT2D eigenvalue weighted by molar-refractivity contribution is 5.87. The summed E-state index contributed by atoms with van der Waals surface area (Å²) in [5.41, 5.74) is -1.59. The van der Waals surface area contributed by atoms with E-state index in [0.29, 0.717) is 6.07 Å². The first-order chi connectivity index (χ1) is 7.51. The number of esters is 1. The first kappa shape index (κ1) is 12.3. The van der Waals surface area contributed by atoms with Crippen LogP contribution in [-0.2, 0) is 4.74 Å². The first-order valence-corrected chi connectivity index (χ1v) is 4.12. The molecule has 7 heteroatoms. The maximum atomic E-state index is 13.2. The lowest BCUT2D eigenvalue weighted by atomic mass is 10.2. The molecule has 0 saturated carbocycles. The van der Waals surface area contributed by atoms with Gasteiger partial charge in [0.1, 0.15) is 11.4 Å². The third-order valence-corrected chi connectivity index (χ3v) is 1.77. The quantitative estimate of drug-likeness (QED) is 0.751. The van der Waals surface area contributed by atoms with Gasteiger partial charge in [-0.05, 0) is 0 Å². The number of pyridine rings is 1. The smallest absolute Gasteiger partial charge is 0.359 e. The molecule has 0 aliphatic carbocycles. The molecule has 0 atom stereocenters. The van der Waals surface area contributed by atoms with E-state index in [2.05, 4.69) is 14.5 Å². The average Bonchev–Trinajstić information content (AvgIpc) is 2.27. The van der Waals surface area contributed by atoms with E-state index in [1.54, 1.807) is 0 Å². The predicted octanol–water partition coefficient (Wildman–Crippen LogP) is 1.95. The van der Waals surface area contributed by atoms with E-state index in [1.807, 2.05) is 0 Å². The van der Waals surface area contributed by atoms with Crippen molar-refractivity contribution in [2.45, 2.75) is 6.43 Å². The van der Waals surface area contributed by atoms with E-state index in [1.165, 1.54) is 0 Å². The number of hydrogen-bond acceptors (Lipinski definition) is 4. The van der Waals surface area contributed by atoms with Gasteiger partial charge < -0.3 is 9.47 Å². The molecule has 1 aromatic heterocycles. The molecule has 0 aliphatic rings. The Balaban J connectivity index is 3.33. The molecule has 0 amide bonds. The van der Waals surface area contributed by atoms with Crippen molar-refractivity contribution in [2.24, 2.45) is 0 Å². The van der Waals surface area contributed by atoms with E-state index in [9.17, 15) is 18.0 Å². The summed E-state index contributed by atoms with van der Waals surface area (Å²) >= 11 is 0. The second-order valence-corrected chi connectivity index (χ2v) is 2.70. The highest BCUT2D eigenvalue weighted by Gasteiger charge is 2.23. The third kappa shape index (κ3) is 2.23. The van der Waals surface area contributed by atoms with Crippen LogP contribution in [0.2, 0.25) is 0 Å². The summed E-state index contributed by atoms with van der Waals surface area (Å²) in [5.74, 6) is -2.62. The van der Waals surface area contributed by atoms with Gasteiger partial charge in [0.05, 0.1) is 14.2 Å². The molecule has 1 aromatic rings. The van der Waals surface area contributed by atoms with Gasteiger partial charge in [0.25, 0.3) is 6.43 Å². The van der Waals surface area contributed by atoms with Crippen molar-refractivity contribution in [3.63, 3.8) is 0 Å². The van der Waals surface area contributed by atoms with Gasteiger partial charge in [-0.3, -0.25) is 0 Å².